The summed E-state index contributed by atoms with van der Waals surface area (Å²) in [5, 5.41) is 14.5. The smallest absolute Gasteiger partial charge is 0.263 e. The van der Waals surface area contributed by atoms with Crippen LogP contribution in [0.3, 0.4) is 0 Å². The summed E-state index contributed by atoms with van der Waals surface area (Å²) in [6, 6.07) is 11.7. The summed E-state index contributed by atoms with van der Waals surface area (Å²) in [6.07, 6.45) is 1.45. The van der Waals surface area contributed by atoms with Crippen molar-refractivity contribution in [1.82, 2.24) is 10.6 Å². The van der Waals surface area contributed by atoms with Crippen molar-refractivity contribution in [3.05, 3.63) is 47.7 Å². The molecule has 0 aliphatic carbocycles. The van der Waals surface area contributed by atoms with E-state index in [0.29, 0.717) is 6.54 Å². The van der Waals surface area contributed by atoms with Gasteiger partial charge >= 0.3 is 0 Å². The van der Waals surface area contributed by atoms with E-state index in [4.69, 9.17) is 5.26 Å². The minimum Gasteiger partial charge on any atom is -0.386 e. The molecule has 1 amide bonds. The lowest BCUT2D eigenvalue weighted by Gasteiger charge is -2.07. The van der Waals surface area contributed by atoms with Gasteiger partial charge < -0.3 is 10.6 Å². The molecule has 0 aliphatic rings. The van der Waals surface area contributed by atoms with Gasteiger partial charge in [0.15, 0.2) is 0 Å². The molecule has 0 saturated heterocycles. The zero-order chi connectivity index (χ0) is 13.4. The lowest BCUT2D eigenvalue weighted by atomic mass is 10.2. The molecule has 0 radical (unpaired) electrons. The van der Waals surface area contributed by atoms with Crippen LogP contribution in [0.2, 0.25) is 0 Å². The molecule has 0 bridgehead atoms. The number of rotatable bonds is 5. The van der Waals surface area contributed by atoms with Gasteiger partial charge in [0, 0.05) is 18.8 Å². The monoisotopic (exact) mass is 243 g/mol. The van der Waals surface area contributed by atoms with E-state index in [9.17, 15) is 4.79 Å². The minimum atomic E-state index is -0.354. The van der Waals surface area contributed by atoms with Crippen LogP contribution in [0.5, 0.6) is 0 Å². The van der Waals surface area contributed by atoms with Crippen LogP contribution in [-0.4, -0.2) is 11.9 Å². The molecule has 4 heteroatoms. The Morgan fingerprint density at radius 1 is 1.39 bits per heavy atom. The highest BCUT2D eigenvalue weighted by molar-refractivity contribution is 5.97. The van der Waals surface area contributed by atoms with Crippen molar-refractivity contribution in [3.8, 4) is 6.07 Å². The third-order valence-corrected chi connectivity index (χ3v) is 2.18. The Kier molecular flexibility index (Phi) is 5.46. The van der Waals surface area contributed by atoms with Crippen LogP contribution in [0.4, 0.5) is 0 Å². The molecule has 1 aromatic rings. The van der Waals surface area contributed by atoms with Crippen molar-refractivity contribution >= 4 is 5.91 Å². The summed E-state index contributed by atoms with van der Waals surface area (Å²) in [5.74, 6) is -0.354. The van der Waals surface area contributed by atoms with Crippen LogP contribution in [0.25, 0.3) is 0 Å². The fourth-order valence-electron chi connectivity index (χ4n) is 1.36. The van der Waals surface area contributed by atoms with Crippen LogP contribution in [-0.2, 0) is 11.3 Å². The zero-order valence-corrected chi connectivity index (χ0v) is 10.6. The third kappa shape index (κ3) is 4.71. The molecular weight excluding hydrogens is 226 g/mol. The number of carbonyl (C=O) groups is 1. The molecule has 0 atom stereocenters. The van der Waals surface area contributed by atoms with Gasteiger partial charge in [0.25, 0.3) is 5.91 Å². The van der Waals surface area contributed by atoms with E-state index in [0.717, 1.165) is 5.56 Å². The number of carbonyl (C=O) groups excluding carboxylic acids is 1. The van der Waals surface area contributed by atoms with E-state index in [2.05, 4.69) is 10.6 Å². The number of nitrogens with zero attached hydrogens (tertiary/aromatic N) is 1. The molecule has 94 valence electrons. The van der Waals surface area contributed by atoms with Gasteiger partial charge in [-0.05, 0) is 19.4 Å². The molecule has 0 aliphatic heterocycles. The Balaban J connectivity index is 2.54. The molecular formula is C14H17N3O. The Labute approximate surface area is 107 Å². The molecule has 0 fully saturated rings. The molecule has 0 aromatic heterocycles. The van der Waals surface area contributed by atoms with Gasteiger partial charge in [0.1, 0.15) is 11.6 Å². The first-order valence-electron chi connectivity index (χ1n) is 5.82. The SMILES string of the molecule is CC(C)NC(=O)/C(C#N)=C\NCc1ccccc1. The summed E-state index contributed by atoms with van der Waals surface area (Å²) in [7, 11) is 0. The van der Waals surface area contributed by atoms with Crippen molar-refractivity contribution in [3.63, 3.8) is 0 Å². The molecule has 2 N–H and O–H groups in total. The van der Waals surface area contributed by atoms with Gasteiger partial charge in [-0.2, -0.15) is 5.26 Å². The van der Waals surface area contributed by atoms with Gasteiger partial charge in [-0.25, -0.2) is 0 Å². The first kappa shape index (κ1) is 13.8. The number of nitrogens with one attached hydrogen (secondary N) is 2. The van der Waals surface area contributed by atoms with E-state index in [1.165, 1.54) is 6.20 Å². The van der Waals surface area contributed by atoms with Crippen molar-refractivity contribution < 1.29 is 4.79 Å². The second kappa shape index (κ2) is 7.13. The van der Waals surface area contributed by atoms with E-state index < -0.39 is 0 Å². The molecule has 0 unspecified atom stereocenters. The highest BCUT2D eigenvalue weighted by atomic mass is 16.1. The molecule has 1 aromatic carbocycles. The van der Waals surface area contributed by atoms with Crippen LogP contribution >= 0.6 is 0 Å². The number of amides is 1. The second-order valence-electron chi connectivity index (χ2n) is 4.16. The molecule has 4 nitrogen and oxygen atoms in total. The molecule has 18 heavy (non-hydrogen) atoms. The van der Waals surface area contributed by atoms with Crippen molar-refractivity contribution in [1.29, 1.82) is 5.26 Å². The van der Waals surface area contributed by atoms with Crippen molar-refractivity contribution in [2.24, 2.45) is 0 Å². The zero-order valence-electron chi connectivity index (χ0n) is 10.6. The van der Waals surface area contributed by atoms with Gasteiger partial charge in [0.2, 0.25) is 0 Å². The largest absolute Gasteiger partial charge is 0.386 e. The van der Waals surface area contributed by atoms with E-state index in [1.807, 2.05) is 50.2 Å². The molecule has 1 rings (SSSR count). The van der Waals surface area contributed by atoms with Crippen molar-refractivity contribution in [2.75, 3.05) is 0 Å². The summed E-state index contributed by atoms with van der Waals surface area (Å²) < 4.78 is 0. The summed E-state index contributed by atoms with van der Waals surface area (Å²) >= 11 is 0. The quantitative estimate of drug-likeness (QED) is 0.611. The van der Waals surface area contributed by atoms with Gasteiger partial charge in [-0.1, -0.05) is 30.3 Å². The lowest BCUT2D eigenvalue weighted by Crippen LogP contribution is -2.31. The highest BCUT2D eigenvalue weighted by Crippen LogP contribution is 1.98. The van der Waals surface area contributed by atoms with Gasteiger partial charge in [0.05, 0.1) is 0 Å². The van der Waals surface area contributed by atoms with E-state index >= 15 is 0 Å². The second-order valence-corrected chi connectivity index (χ2v) is 4.16. The minimum absolute atomic E-state index is 0.0170. The standard InChI is InChI=1S/C14H17N3O/c1-11(2)17-14(18)13(8-15)10-16-9-12-6-4-3-5-7-12/h3-7,10-11,16H,9H2,1-2H3,(H,17,18)/b13-10-. The summed E-state index contributed by atoms with van der Waals surface area (Å²) in [4.78, 5) is 11.6. The summed E-state index contributed by atoms with van der Waals surface area (Å²) in [5.41, 5.74) is 1.18. The van der Waals surface area contributed by atoms with Gasteiger partial charge in [-0.3, -0.25) is 4.79 Å². The van der Waals surface area contributed by atoms with Crippen LogP contribution < -0.4 is 10.6 Å². The maximum Gasteiger partial charge on any atom is 0.263 e. The topological polar surface area (TPSA) is 64.9 Å². The fourth-order valence-corrected chi connectivity index (χ4v) is 1.36. The number of nitriles is 1. The highest BCUT2D eigenvalue weighted by Gasteiger charge is 2.09. The Morgan fingerprint density at radius 3 is 2.61 bits per heavy atom. The number of benzene rings is 1. The maximum absolute atomic E-state index is 11.6. The first-order valence-corrected chi connectivity index (χ1v) is 5.82. The predicted molar refractivity (Wildman–Crippen MR) is 70.3 cm³/mol. The fraction of sp³-hybridized carbons (Fsp3) is 0.286. The molecule has 0 heterocycles. The van der Waals surface area contributed by atoms with Gasteiger partial charge in [-0.15, -0.1) is 0 Å². The van der Waals surface area contributed by atoms with Crippen LogP contribution in [0.15, 0.2) is 42.1 Å². The van der Waals surface area contributed by atoms with E-state index in [-0.39, 0.29) is 17.5 Å². The third-order valence-electron chi connectivity index (χ3n) is 2.18. The molecule has 0 saturated carbocycles. The summed E-state index contributed by atoms with van der Waals surface area (Å²) in [6.45, 7) is 4.29. The Morgan fingerprint density at radius 2 is 2.06 bits per heavy atom. The number of hydrogen-bond donors (Lipinski definition) is 2. The Bertz CT molecular complexity index is 458. The maximum atomic E-state index is 11.6. The lowest BCUT2D eigenvalue weighted by molar-refractivity contribution is -0.117. The first-order chi connectivity index (χ1) is 8.63. The number of hydrogen-bond acceptors (Lipinski definition) is 3. The van der Waals surface area contributed by atoms with Crippen LogP contribution in [0, 0.1) is 11.3 Å². The van der Waals surface area contributed by atoms with Crippen LogP contribution in [0.1, 0.15) is 19.4 Å². The normalized spacial score (nSPS) is 10.9. The Hall–Kier alpha value is -2.28. The van der Waals surface area contributed by atoms with Crippen molar-refractivity contribution in [2.45, 2.75) is 26.4 Å². The average molecular weight is 243 g/mol. The molecule has 0 spiro atoms. The average Bonchev–Trinajstić information content (AvgIpc) is 2.35. The predicted octanol–water partition coefficient (Wildman–Crippen LogP) is 1.71. The van der Waals surface area contributed by atoms with E-state index in [1.54, 1.807) is 0 Å².